The van der Waals surface area contributed by atoms with Crippen molar-refractivity contribution in [3.63, 3.8) is 0 Å². The maximum atomic E-state index is 12.3. The van der Waals surface area contributed by atoms with E-state index in [0.717, 1.165) is 6.07 Å². The van der Waals surface area contributed by atoms with E-state index in [4.69, 9.17) is 4.74 Å². The second-order valence-electron chi connectivity index (χ2n) is 4.38. The van der Waals surface area contributed by atoms with Gasteiger partial charge in [-0.15, -0.1) is 0 Å². The number of benzene rings is 2. The van der Waals surface area contributed by atoms with Gasteiger partial charge in [0.25, 0.3) is 11.6 Å². The van der Waals surface area contributed by atoms with E-state index < -0.39 is 10.8 Å². The molecule has 0 heterocycles. The van der Waals surface area contributed by atoms with Gasteiger partial charge in [-0.25, -0.2) is 0 Å². The molecule has 0 saturated heterocycles. The van der Waals surface area contributed by atoms with Crippen LogP contribution in [-0.2, 0) is 0 Å². The molecule has 0 fully saturated rings. The highest BCUT2D eigenvalue weighted by Gasteiger charge is 2.18. The first-order chi connectivity index (χ1) is 10.5. The molecule has 22 heavy (non-hydrogen) atoms. The number of amides is 1. The summed E-state index contributed by atoms with van der Waals surface area (Å²) in [5.74, 6) is -0.301. The lowest BCUT2D eigenvalue weighted by atomic mass is 10.1. The van der Waals surface area contributed by atoms with Crippen LogP contribution in [-0.4, -0.2) is 22.5 Å². The SMILES string of the molecule is CCOc1ccc([N+](=O)[O-])cc1C(=O)Nc1cccc(O)c1. The van der Waals surface area contributed by atoms with Crippen molar-refractivity contribution in [3.8, 4) is 11.5 Å². The van der Waals surface area contributed by atoms with Crippen LogP contribution >= 0.6 is 0 Å². The van der Waals surface area contributed by atoms with Crippen LogP contribution < -0.4 is 10.1 Å². The summed E-state index contributed by atoms with van der Waals surface area (Å²) >= 11 is 0. The van der Waals surface area contributed by atoms with Crippen molar-refractivity contribution in [1.29, 1.82) is 0 Å². The smallest absolute Gasteiger partial charge is 0.270 e. The Morgan fingerprint density at radius 1 is 1.32 bits per heavy atom. The Balaban J connectivity index is 2.33. The molecule has 1 amide bonds. The molecule has 7 heteroatoms. The first-order valence-electron chi connectivity index (χ1n) is 6.53. The largest absolute Gasteiger partial charge is 0.508 e. The lowest BCUT2D eigenvalue weighted by molar-refractivity contribution is -0.384. The molecule has 114 valence electrons. The van der Waals surface area contributed by atoms with Crippen molar-refractivity contribution in [1.82, 2.24) is 0 Å². The van der Waals surface area contributed by atoms with Crippen LogP contribution in [0.1, 0.15) is 17.3 Å². The number of aromatic hydroxyl groups is 1. The van der Waals surface area contributed by atoms with Crippen LogP contribution in [0.15, 0.2) is 42.5 Å². The molecule has 2 N–H and O–H groups in total. The van der Waals surface area contributed by atoms with Gasteiger partial charge < -0.3 is 15.2 Å². The zero-order chi connectivity index (χ0) is 16.1. The van der Waals surface area contributed by atoms with Gasteiger partial charge in [0.15, 0.2) is 0 Å². The fraction of sp³-hybridized carbons (Fsp3) is 0.133. The average Bonchev–Trinajstić information content (AvgIpc) is 2.47. The molecule has 0 atom stereocenters. The van der Waals surface area contributed by atoms with Gasteiger partial charge in [-0.2, -0.15) is 0 Å². The Labute approximate surface area is 126 Å². The minimum Gasteiger partial charge on any atom is -0.508 e. The summed E-state index contributed by atoms with van der Waals surface area (Å²) in [7, 11) is 0. The van der Waals surface area contributed by atoms with Gasteiger partial charge >= 0.3 is 0 Å². The molecule has 0 radical (unpaired) electrons. The number of carbonyl (C=O) groups is 1. The Morgan fingerprint density at radius 2 is 2.09 bits per heavy atom. The monoisotopic (exact) mass is 302 g/mol. The number of hydrogen-bond donors (Lipinski definition) is 2. The zero-order valence-corrected chi connectivity index (χ0v) is 11.8. The van der Waals surface area contributed by atoms with E-state index in [0.29, 0.717) is 12.3 Å². The molecule has 0 aromatic heterocycles. The average molecular weight is 302 g/mol. The Hall–Kier alpha value is -3.09. The number of anilines is 1. The highest BCUT2D eigenvalue weighted by Crippen LogP contribution is 2.26. The Kier molecular flexibility index (Phi) is 4.57. The minimum atomic E-state index is -0.582. The molecule has 0 bridgehead atoms. The number of nitrogens with one attached hydrogen (secondary N) is 1. The lowest BCUT2D eigenvalue weighted by Crippen LogP contribution is -2.14. The molecular formula is C15H14N2O5. The number of ether oxygens (including phenoxy) is 1. The summed E-state index contributed by atoms with van der Waals surface area (Å²) in [5.41, 5.74) is 0.225. The third-order valence-electron chi connectivity index (χ3n) is 2.82. The first-order valence-corrected chi connectivity index (χ1v) is 6.53. The summed E-state index contributed by atoms with van der Waals surface area (Å²) in [6.45, 7) is 2.07. The topological polar surface area (TPSA) is 102 Å². The van der Waals surface area contributed by atoms with Crippen LogP contribution in [0.4, 0.5) is 11.4 Å². The van der Waals surface area contributed by atoms with Crippen molar-refractivity contribution in [2.75, 3.05) is 11.9 Å². The van der Waals surface area contributed by atoms with Crippen LogP contribution in [0.2, 0.25) is 0 Å². The molecule has 0 aliphatic rings. The minimum absolute atomic E-state index is 0.00174. The van der Waals surface area contributed by atoms with Crippen LogP contribution in [0, 0.1) is 10.1 Å². The molecule has 2 aromatic carbocycles. The number of hydrogen-bond acceptors (Lipinski definition) is 5. The molecular weight excluding hydrogens is 288 g/mol. The molecule has 0 unspecified atom stereocenters. The van der Waals surface area contributed by atoms with E-state index in [1.165, 1.54) is 24.3 Å². The van der Waals surface area contributed by atoms with Crippen molar-refractivity contribution in [2.24, 2.45) is 0 Å². The fourth-order valence-corrected chi connectivity index (χ4v) is 1.87. The van der Waals surface area contributed by atoms with E-state index in [1.54, 1.807) is 19.1 Å². The van der Waals surface area contributed by atoms with Gasteiger partial charge in [-0.05, 0) is 25.1 Å². The van der Waals surface area contributed by atoms with Gasteiger partial charge in [0, 0.05) is 23.9 Å². The maximum Gasteiger partial charge on any atom is 0.270 e. The number of nitro groups is 1. The second-order valence-corrected chi connectivity index (χ2v) is 4.38. The van der Waals surface area contributed by atoms with Crippen LogP contribution in [0.5, 0.6) is 11.5 Å². The fourth-order valence-electron chi connectivity index (χ4n) is 1.87. The van der Waals surface area contributed by atoms with Gasteiger partial charge in [-0.3, -0.25) is 14.9 Å². The molecule has 0 aliphatic carbocycles. The number of nitro benzene ring substituents is 1. The molecule has 7 nitrogen and oxygen atoms in total. The Morgan fingerprint density at radius 3 is 2.73 bits per heavy atom. The molecule has 0 spiro atoms. The summed E-state index contributed by atoms with van der Waals surface area (Å²) in [5, 5.41) is 22.8. The molecule has 2 rings (SSSR count). The predicted octanol–water partition coefficient (Wildman–Crippen LogP) is 2.95. The highest BCUT2D eigenvalue weighted by molar-refractivity contribution is 6.06. The highest BCUT2D eigenvalue weighted by atomic mass is 16.6. The molecule has 2 aromatic rings. The quantitative estimate of drug-likeness (QED) is 0.653. The van der Waals surface area contributed by atoms with E-state index in [2.05, 4.69) is 5.32 Å². The summed E-state index contributed by atoms with van der Waals surface area (Å²) in [6.07, 6.45) is 0. The van der Waals surface area contributed by atoms with E-state index in [9.17, 15) is 20.0 Å². The van der Waals surface area contributed by atoms with E-state index >= 15 is 0 Å². The van der Waals surface area contributed by atoms with Gasteiger partial charge in [0.1, 0.15) is 11.5 Å². The summed E-state index contributed by atoms with van der Waals surface area (Å²) < 4.78 is 5.32. The summed E-state index contributed by atoms with van der Waals surface area (Å²) in [4.78, 5) is 22.6. The number of non-ortho nitro benzene ring substituents is 1. The number of rotatable bonds is 5. The predicted molar refractivity (Wildman–Crippen MR) is 80.3 cm³/mol. The van der Waals surface area contributed by atoms with Crippen molar-refractivity contribution in [3.05, 3.63) is 58.1 Å². The number of phenols is 1. The van der Waals surface area contributed by atoms with Crippen LogP contribution in [0.3, 0.4) is 0 Å². The third kappa shape index (κ3) is 3.51. The molecule has 0 aliphatic heterocycles. The van der Waals surface area contributed by atoms with Crippen molar-refractivity contribution in [2.45, 2.75) is 6.92 Å². The van der Waals surface area contributed by atoms with Crippen molar-refractivity contribution < 1.29 is 19.6 Å². The normalized spacial score (nSPS) is 10.0. The van der Waals surface area contributed by atoms with Gasteiger partial charge in [0.2, 0.25) is 0 Å². The number of carbonyl (C=O) groups excluding carboxylic acids is 1. The van der Waals surface area contributed by atoms with Crippen LogP contribution in [0.25, 0.3) is 0 Å². The second kappa shape index (κ2) is 6.57. The third-order valence-corrected chi connectivity index (χ3v) is 2.82. The molecule has 0 saturated carbocycles. The van der Waals surface area contributed by atoms with E-state index in [1.807, 2.05) is 0 Å². The number of phenolic OH excluding ortho intramolecular Hbond substituents is 1. The summed E-state index contributed by atoms with van der Waals surface area (Å²) in [6, 6.07) is 9.82. The zero-order valence-electron chi connectivity index (χ0n) is 11.8. The van der Waals surface area contributed by atoms with E-state index in [-0.39, 0.29) is 22.7 Å². The maximum absolute atomic E-state index is 12.3. The number of nitrogens with zero attached hydrogens (tertiary/aromatic N) is 1. The van der Waals surface area contributed by atoms with Crippen molar-refractivity contribution >= 4 is 17.3 Å². The Bertz CT molecular complexity index is 715. The first kappa shape index (κ1) is 15.3. The van der Waals surface area contributed by atoms with Gasteiger partial charge in [0.05, 0.1) is 17.1 Å². The lowest BCUT2D eigenvalue weighted by Gasteiger charge is -2.10. The van der Waals surface area contributed by atoms with Gasteiger partial charge in [-0.1, -0.05) is 6.07 Å². The standard InChI is InChI=1S/C15H14N2O5/c1-2-22-14-7-6-11(17(20)21)9-13(14)15(19)16-10-4-3-5-12(18)8-10/h3-9,18H,2H2,1H3,(H,16,19).